The molecule has 1 amide bonds. The van der Waals surface area contributed by atoms with Gasteiger partial charge in [-0.1, -0.05) is 42.2 Å². The van der Waals surface area contributed by atoms with Crippen LogP contribution in [0.1, 0.15) is 5.56 Å². The molecule has 0 saturated carbocycles. The summed E-state index contributed by atoms with van der Waals surface area (Å²) >= 11 is 6.30. The van der Waals surface area contributed by atoms with Crippen LogP contribution in [0, 0.1) is 10.1 Å². The summed E-state index contributed by atoms with van der Waals surface area (Å²) in [5.74, 6) is -0.189. The molecule has 2 aromatic rings. The molecule has 1 aliphatic heterocycles. The lowest BCUT2D eigenvalue weighted by molar-refractivity contribution is -0.384. The maximum atomic E-state index is 12.8. The number of amides is 1. The van der Waals surface area contributed by atoms with E-state index in [-0.39, 0.29) is 27.2 Å². The molecule has 0 radical (unpaired) electrons. The van der Waals surface area contributed by atoms with Gasteiger partial charge in [0.25, 0.3) is 11.6 Å². The van der Waals surface area contributed by atoms with E-state index in [4.69, 9.17) is 17.0 Å². The molecule has 2 aromatic carbocycles. The minimum atomic E-state index is -0.553. The van der Waals surface area contributed by atoms with Crippen LogP contribution in [0.2, 0.25) is 0 Å². The van der Waals surface area contributed by atoms with Crippen LogP contribution in [0.5, 0.6) is 11.5 Å². The van der Waals surface area contributed by atoms with Crippen LogP contribution in [0.3, 0.4) is 0 Å². The fourth-order valence-corrected chi connectivity index (χ4v) is 3.70. The second-order valence-electron chi connectivity index (χ2n) is 5.19. The second-order valence-corrected chi connectivity index (χ2v) is 6.87. The van der Waals surface area contributed by atoms with Crippen LogP contribution in [0.25, 0.3) is 6.08 Å². The predicted molar refractivity (Wildman–Crippen MR) is 103 cm³/mol. The van der Waals surface area contributed by atoms with Gasteiger partial charge >= 0.3 is 0 Å². The smallest absolute Gasteiger partial charge is 0.293 e. The number of aromatic hydroxyl groups is 1. The molecule has 7 nitrogen and oxygen atoms in total. The van der Waals surface area contributed by atoms with Crippen molar-refractivity contribution in [3.05, 3.63) is 63.0 Å². The van der Waals surface area contributed by atoms with Crippen molar-refractivity contribution in [2.75, 3.05) is 12.0 Å². The molecule has 1 aliphatic rings. The zero-order valence-electron chi connectivity index (χ0n) is 13.4. The lowest BCUT2D eigenvalue weighted by Crippen LogP contribution is -2.28. The number of carbonyl (C=O) groups is 1. The summed E-state index contributed by atoms with van der Waals surface area (Å²) in [6.07, 6.45) is 1.59. The lowest BCUT2D eigenvalue weighted by atomic mass is 10.2. The molecular formula is C17H12N2O5S2. The van der Waals surface area contributed by atoms with Gasteiger partial charge in [-0.05, 0) is 29.8 Å². The van der Waals surface area contributed by atoms with Crippen molar-refractivity contribution in [3.8, 4) is 11.5 Å². The van der Waals surface area contributed by atoms with E-state index >= 15 is 0 Å². The number of methoxy groups -OCH3 is 1. The molecule has 0 aliphatic carbocycles. The van der Waals surface area contributed by atoms with Crippen molar-refractivity contribution in [3.63, 3.8) is 0 Å². The number of nitro groups is 1. The molecule has 1 N–H and O–H groups in total. The number of carbonyl (C=O) groups excluding carboxylic acids is 1. The number of hydrogen-bond donors (Lipinski definition) is 1. The van der Waals surface area contributed by atoms with Gasteiger partial charge in [0.15, 0.2) is 15.8 Å². The Labute approximate surface area is 158 Å². The summed E-state index contributed by atoms with van der Waals surface area (Å²) in [5, 5.41) is 20.9. The Hall–Kier alpha value is -2.91. The molecular weight excluding hydrogens is 376 g/mol. The van der Waals surface area contributed by atoms with Crippen LogP contribution < -0.4 is 9.64 Å². The SMILES string of the molecule is COc1cc(/C=C2/SC(=S)N(c3ccccc3[N+](=O)[O-])C2=O)ccc1O. The number of anilines is 1. The van der Waals surface area contributed by atoms with Gasteiger partial charge < -0.3 is 9.84 Å². The Kier molecular flexibility index (Phi) is 4.92. The molecule has 1 saturated heterocycles. The van der Waals surface area contributed by atoms with Gasteiger partial charge in [0.05, 0.1) is 16.9 Å². The molecule has 1 fully saturated rings. The molecule has 0 aromatic heterocycles. The Balaban J connectivity index is 1.99. The third-order valence-corrected chi connectivity index (χ3v) is 4.92. The highest BCUT2D eigenvalue weighted by Crippen LogP contribution is 2.40. The number of nitro benzene ring substituents is 1. The summed E-state index contributed by atoms with van der Waals surface area (Å²) in [6.45, 7) is 0. The molecule has 0 spiro atoms. The maximum Gasteiger partial charge on any atom is 0.293 e. The van der Waals surface area contributed by atoms with E-state index in [1.807, 2.05) is 0 Å². The van der Waals surface area contributed by atoms with Crippen molar-refractivity contribution in [2.45, 2.75) is 0 Å². The van der Waals surface area contributed by atoms with Crippen molar-refractivity contribution in [2.24, 2.45) is 0 Å². The summed E-state index contributed by atoms with van der Waals surface area (Å²) < 4.78 is 5.26. The minimum absolute atomic E-state index is 0.0166. The number of thioether (sulfide) groups is 1. The monoisotopic (exact) mass is 388 g/mol. The summed E-state index contributed by atoms with van der Waals surface area (Å²) in [7, 11) is 1.42. The highest BCUT2D eigenvalue weighted by molar-refractivity contribution is 8.27. The van der Waals surface area contributed by atoms with E-state index in [2.05, 4.69) is 0 Å². The number of ether oxygens (including phenoxy) is 1. The number of rotatable bonds is 4. The number of nitrogens with zero attached hydrogens (tertiary/aromatic N) is 2. The van der Waals surface area contributed by atoms with Crippen molar-refractivity contribution >= 4 is 51.7 Å². The van der Waals surface area contributed by atoms with Gasteiger partial charge in [-0.2, -0.15) is 0 Å². The Morgan fingerprint density at radius 1 is 1.31 bits per heavy atom. The molecule has 0 atom stereocenters. The number of phenols is 1. The number of phenolic OH excluding ortho intramolecular Hbond substituents is 1. The predicted octanol–water partition coefficient (Wildman–Crippen LogP) is 3.71. The Morgan fingerprint density at radius 3 is 2.73 bits per heavy atom. The van der Waals surface area contributed by atoms with Crippen LogP contribution in [0.15, 0.2) is 47.4 Å². The maximum absolute atomic E-state index is 12.8. The number of benzene rings is 2. The average Bonchev–Trinajstić information content (AvgIpc) is 2.90. The van der Waals surface area contributed by atoms with E-state index in [1.165, 1.54) is 31.4 Å². The topological polar surface area (TPSA) is 92.9 Å². The molecule has 1 heterocycles. The van der Waals surface area contributed by atoms with Crippen LogP contribution in [-0.4, -0.2) is 27.4 Å². The summed E-state index contributed by atoms with van der Waals surface area (Å²) in [5.41, 5.74) is 0.561. The van der Waals surface area contributed by atoms with E-state index in [1.54, 1.807) is 24.3 Å². The van der Waals surface area contributed by atoms with Gasteiger partial charge in [0.1, 0.15) is 5.69 Å². The van der Waals surface area contributed by atoms with Gasteiger partial charge in [0, 0.05) is 6.07 Å². The van der Waals surface area contributed by atoms with E-state index < -0.39 is 10.8 Å². The fraction of sp³-hybridized carbons (Fsp3) is 0.0588. The van der Waals surface area contributed by atoms with Gasteiger partial charge in [0.2, 0.25) is 0 Å². The highest BCUT2D eigenvalue weighted by atomic mass is 32.2. The first kappa shape index (κ1) is 17.9. The minimum Gasteiger partial charge on any atom is -0.504 e. The fourth-order valence-electron chi connectivity index (χ4n) is 2.42. The number of para-hydroxylation sites is 2. The summed E-state index contributed by atoms with van der Waals surface area (Å²) in [6, 6.07) is 10.6. The first-order chi connectivity index (χ1) is 12.4. The Bertz CT molecular complexity index is 958. The first-order valence-electron chi connectivity index (χ1n) is 7.30. The van der Waals surface area contributed by atoms with Crippen molar-refractivity contribution in [1.29, 1.82) is 0 Å². The number of thiocarbonyl (C=S) groups is 1. The third kappa shape index (κ3) is 3.26. The zero-order chi connectivity index (χ0) is 18.8. The standard InChI is InChI=1S/C17H12N2O5S2/c1-24-14-8-10(6-7-13(14)20)9-15-16(21)18(17(25)26-15)11-4-2-3-5-12(11)19(22)23/h2-9,20H,1H3/b15-9+. The van der Waals surface area contributed by atoms with Gasteiger partial charge in [-0.25, -0.2) is 0 Å². The normalized spacial score (nSPS) is 15.6. The van der Waals surface area contributed by atoms with Crippen LogP contribution in [-0.2, 0) is 4.79 Å². The third-order valence-electron chi connectivity index (χ3n) is 3.61. The quantitative estimate of drug-likeness (QED) is 0.369. The van der Waals surface area contributed by atoms with E-state index in [0.29, 0.717) is 10.5 Å². The summed E-state index contributed by atoms with van der Waals surface area (Å²) in [4.78, 5) is 24.9. The van der Waals surface area contributed by atoms with Gasteiger partial charge in [-0.3, -0.25) is 19.8 Å². The molecule has 26 heavy (non-hydrogen) atoms. The largest absolute Gasteiger partial charge is 0.504 e. The first-order valence-corrected chi connectivity index (χ1v) is 8.53. The zero-order valence-corrected chi connectivity index (χ0v) is 15.0. The van der Waals surface area contributed by atoms with Crippen molar-refractivity contribution in [1.82, 2.24) is 0 Å². The Morgan fingerprint density at radius 2 is 2.04 bits per heavy atom. The molecule has 0 unspecified atom stereocenters. The van der Waals surface area contributed by atoms with Crippen LogP contribution in [0.4, 0.5) is 11.4 Å². The molecule has 3 rings (SSSR count). The number of hydrogen-bond acceptors (Lipinski definition) is 7. The van der Waals surface area contributed by atoms with E-state index in [9.17, 15) is 20.0 Å². The second kappa shape index (κ2) is 7.14. The highest BCUT2D eigenvalue weighted by Gasteiger charge is 2.36. The van der Waals surface area contributed by atoms with Gasteiger partial charge in [-0.15, -0.1) is 0 Å². The molecule has 132 valence electrons. The molecule has 9 heteroatoms. The van der Waals surface area contributed by atoms with E-state index in [0.717, 1.165) is 16.7 Å². The molecule has 0 bridgehead atoms. The van der Waals surface area contributed by atoms with Crippen LogP contribution >= 0.6 is 24.0 Å². The lowest BCUT2D eigenvalue weighted by Gasteiger charge is -2.14. The average molecular weight is 388 g/mol. The van der Waals surface area contributed by atoms with Crippen molar-refractivity contribution < 1.29 is 19.6 Å².